The molecule has 0 heterocycles. The van der Waals surface area contributed by atoms with Crippen LogP contribution < -0.4 is 0 Å². The first-order chi connectivity index (χ1) is 5.70. The summed E-state index contributed by atoms with van der Waals surface area (Å²) in [6, 6.07) is 0. The van der Waals surface area contributed by atoms with Gasteiger partial charge in [-0.2, -0.15) is 0 Å². The van der Waals surface area contributed by atoms with Crippen molar-refractivity contribution in [2.24, 2.45) is 5.92 Å². The van der Waals surface area contributed by atoms with Crippen LogP contribution >= 0.6 is 23.5 Å². The summed E-state index contributed by atoms with van der Waals surface area (Å²) in [5.74, 6) is 0.0532. The molecule has 12 heavy (non-hydrogen) atoms. The molecular formula is C8H14O2S2. The third-order valence-corrected chi connectivity index (χ3v) is 5.85. The second-order valence-electron chi connectivity index (χ2n) is 2.83. The molecule has 1 fully saturated rings. The van der Waals surface area contributed by atoms with E-state index in [-0.39, 0.29) is 16.0 Å². The Kier molecular flexibility index (Phi) is 3.35. The summed E-state index contributed by atoms with van der Waals surface area (Å²) in [7, 11) is 1.46. The lowest BCUT2D eigenvalue weighted by Crippen LogP contribution is -2.45. The van der Waals surface area contributed by atoms with Crippen molar-refractivity contribution in [3.8, 4) is 0 Å². The Morgan fingerprint density at radius 1 is 1.50 bits per heavy atom. The third-order valence-electron chi connectivity index (χ3n) is 2.49. The van der Waals surface area contributed by atoms with Crippen molar-refractivity contribution in [2.45, 2.75) is 16.9 Å². The number of carbonyl (C=O) groups is 1. The van der Waals surface area contributed by atoms with Crippen LogP contribution in [0.5, 0.6) is 0 Å². The predicted octanol–water partition coefficient (Wildman–Crippen LogP) is 1.99. The van der Waals surface area contributed by atoms with Gasteiger partial charge in [-0.3, -0.25) is 4.79 Å². The molecule has 4 heteroatoms. The molecule has 70 valence electrons. The first-order valence-electron chi connectivity index (χ1n) is 3.88. The standard InChI is InChI=1S/C8H14O2S2/c1-10-7(9)6-4-5-8(6,11-2)12-3/h6H,4-5H2,1-3H3. The highest BCUT2D eigenvalue weighted by Gasteiger charge is 2.50. The Morgan fingerprint density at radius 2 is 2.08 bits per heavy atom. The zero-order chi connectivity index (χ0) is 9.19. The summed E-state index contributed by atoms with van der Waals surface area (Å²) in [5.41, 5.74) is 0. The molecular weight excluding hydrogens is 192 g/mol. The molecule has 1 aliphatic carbocycles. The molecule has 1 rings (SSSR count). The molecule has 0 spiro atoms. The van der Waals surface area contributed by atoms with Crippen molar-refractivity contribution in [1.82, 2.24) is 0 Å². The van der Waals surface area contributed by atoms with Crippen LogP contribution in [0.25, 0.3) is 0 Å². The molecule has 0 aromatic rings. The molecule has 1 saturated carbocycles. The fraction of sp³-hybridized carbons (Fsp3) is 0.875. The van der Waals surface area contributed by atoms with Gasteiger partial charge in [-0.05, 0) is 25.4 Å². The summed E-state index contributed by atoms with van der Waals surface area (Å²) in [4.78, 5) is 11.3. The van der Waals surface area contributed by atoms with Gasteiger partial charge in [0, 0.05) is 0 Å². The van der Waals surface area contributed by atoms with Gasteiger partial charge < -0.3 is 4.74 Å². The largest absolute Gasteiger partial charge is 0.469 e. The monoisotopic (exact) mass is 206 g/mol. The topological polar surface area (TPSA) is 26.3 Å². The van der Waals surface area contributed by atoms with Crippen LogP contribution in [0.4, 0.5) is 0 Å². The second-order valence-corrected chi connectivity index (χ2v) is 5.37. The summed E-state index contributed by atoms with van der Waals surface area (Å²) in [6.07, 6.45) is 6.22. The predicted molar refractivity (Wildman–Crippen MR) is 54.5 cm³/mol. The zero-order valence-electron chi connectivity index (χ0n) is 7.62. The minimum absolute atomic E-state index is 0.0510. The number of carbonyl (C=O) groups excluding carboxylic acids is 1. The van der Waals surface area contributed by atoms with E-state index in [1.165, 1.54) is 7.11 Å². The average Bonchev–Trinajstić information content (AvgIpc) is 2.05. The van der Waals surface area contributed by atoms with Crippen molar-refractivity contribution in [2.75, 3.05) is 19.6 Å². The number of esters is 1. The number of thioether (sulfide) groups is 2. The van der Waals surface area contributed by atoms with Gasteiger partial charge in [-0.1, -0.05) is 0 Å². The van der Waals surface area contributed by atoms with Gasteiger partial charge in [0.15, 0.2) is 0 Å². The lowest BCUT2D eigenvalue weighted by atomic mass is 9.84. The van der Waals surface area contributed by atoms with E-state index in [1.54, 1.807) is 23.5 Å². The van der Waals surface area contributed by atoms with Gasteiger partial charge in [0.1, 0.15) is 0 Å². The van der Waals surface area contributed by atoms with Crippen molar-refractivity contribution in [1.29, 1.82) is 0 Å². The maximum absolute atomic E-state index is 11.3. The van der Waals surface area contributed by atoms with Crippen LogP contribution in [-0.2, 0) is 9.53 Å². The summed E-state index contributed by atoms with van der Waals surface area (Å²) in [6.45, 7) is 0. The minimum atomic E-state index is -0.0510. The Bertz CT molecular complexity index is 172. The molecule has 1 atom stereocenters. The quantitative estimate of drug-likeness (QED) is 0.521. The van der Waals surface area contributed by atoms with Crippen LogP contribution in [0.3, 0.4) is 0 Å². The summed E-state index contributed by atoms with van der Waals surface area (Å²) >= 11 is 3.55. The van der Waals surface area contributed by atoms with Gasteiger partial charge in [0.05, 0.1) is 17.1 Å². The van der Waals surface area contributed by atoms with Crippen molar-refractivity contribution in [3.63, 3.8) is 0 Å². The fourth-order valence-electron chi connectivity index (χ4n) is 1.54. The molecule has 0 aromatic carbocycles. The SMILES string of the molecule is COC(=O)C1CCC1(SC)SC. The molecule has 0 saturated heterocycles. The maximum atomic E-state index is 11.3. The second kappa shape index (κ2) is 3.92. The average molecular weight is 206 g/mol. The van der Waals surface area contributed by atoms with E-state index in [1.807, 2.05) is 0 Å². The van der Waals surface area contributed by atoms with Crippen molar-refractivity contribution in [3.05, 3.63) is 0 Å². The molecule has 0 aromatic heterocycles. The number of ether oxygens (including phenoxy) is 1. The van der Waals surface area contributed by atoms with Crippen LogP contribution in [0.15, 0.2) is 0 Å². The van der Waals surface area contributed by atoms with Crippen LogP contribution in [0, 0.1) is 5.92 Å². The van der Waals surface area contributed by atoms with Crippen molar-refractivity contribution >= 4 is 29.5 Å². The highest BCUT2D eigenvalue weighted by molar-refractivity contribution is 8.17. The third kappa shape index (κ3) is 1.46. The summed E-state index contributed by atoms with van der Waals surface area (Å²) < 4.78 is 4.85. The number of methoxy groups -OCH3 is 1. The molecule has 0 radical (unpaired) electrons. The fourth-order valence-corrected chi connectivity index (χ4v) is 3.84. The first-order valence-corrected chi connectivity index (χ1v) is 6.33. The Morgan fingerprint density at radius 3 is 2.33 bits per heavy atom. The van der Waals surface area contributed by atoms with E-state index in [0.29, 0.717) is 0 Å². The van der Waals surface area contributed by atoms with Gasteiger partial charge in [0.25, 0.3) is 0 Å². The van der Waals surface area contributed by atoms with Crippen molar-refractivity contribution < 1.29 is 9.53 Å². The van der Waals surface area contributed by atoms with E-state index in [9.17, 15) is 4.79 Å². The summed E-state index contributed by atoms with van der Waals surface area (Å²) in [5, 5.41) is 0. The Labute approximate surface area is 81.8 Å². The van der Waals surface area contributed by atoms with Crippen LogP contribution in [0.2, 0.25) is 0 Å². The van der Waals surface area contributed by atoms with Gasteiger partial charge >= 0.3 is 5.97 Å². The highest BCUT2D eigenvalue weighted by atomic mass is 32.2. The first kappa shape index (κ1) is 10.3. The molecule has 2 nitrogen and oxygen atoms in total. The molecule has 0 bridgehead atoms. The number of rotatable bonds is 3. The molecule has 0 aliphatic heterocycles. The van der Waals surface area contributed by atoms with E-state index in [2.05, 4.69) is 12.5 Å². The maximum Gasteiger partial charge on any atom is 0.310 e. The Hall–Kier alpha value is 0.170. The smallest absolute Gasteiger partial charge is 0.310 e. The minimum Gasteiger partial charge on any atom is -0.469 e. The van der Waals surface area contributed by atoms with E-state index >= 15 is 0 Å². The van der Waals surface area contributed by atoms with E-state index < -0.39 is 0 Å². The van der Waals surface area contributed by atoms with Crippen LogP contribution in [0.1, 0.15) is 12.8 Å². The molecule has 0 N–H and O–H groups in total. The van der Waals surface area contributed by atoms with Gasteiger partial charge in [-0.15, -0.1) is 23.5 Å². The number of hydrogen-bond donors (Lipinski definition) is 0. The lowest BCUT2D eigenvalue weighted by Gasteiger charge is -2.45. The Balaban J connectivity index is 2.62. The van der Waals surface area contributed by atoms with Gasteiger partial charge in [-0.25, -0.2) is 0 Å². The number of hydrogen-bond acceptors (Lipinski definition) is 4. The van der Waals surface area contributed by atoms with E-state index in [0.717, 1.165) is 12.8 Å². The van der Waals surface area contributed by atoms with E-state index in [4.69, 9.17) is 4.74 Å². The normalized spacial score (nSPS) is 26.1. The molecule has 0 amide bonds. The highest BCUT2D eigenvalue weighted by Crippen LogP contribution is 2.54. The van der Waals surface area contributed by atoms with Crippen LogP contribution in [-0.4, -0.2) is 29.7 Å². The molecule has 1 aliphatic rings. The zero-order valence-corrected chi connectivity index (χ0v) is 9.26. The lowest BCUT2D eigenvalue weighted by molar-refractivity contribution is -0.148. The molecule has 1 unspecified atom stereocenters. The van der Waals surface area contributed by atoms with Gasteiger partial charge in [0.2, 0.25) is 0 Å².